The molecule has 2 aliphatic rings. The minimum atomic E-state index is -1.31. The molecule has 0 aromatic heterocycles. The van der Waals surface area contributed by atoms with Crippen LogP contribution >= 0.6 is 23.2 Å². The van der Waals surface area contributed by atoms with E-state index in [2.05, 4.69) is 15.3 Å². The summed E-state index contributed by atoms with van der Waals surface area (Å²) in [5.41, 5.74) is 7.91. The van der Waals surface area contributed by atoms with Crippen molar-refractivity contribution in [2.75, 3.05) is 27.3 Å². The van der Waals surface area contributed by atoms with Gasteiger partial charge in [-0.15, -0.1) is 0 Å². The Morgan fingerprint density at radius 1 is 1.10 bits per heavy atom. The third-order valence-electron chi connectivity index (χ3n) is 6.05. The van der Waals surface area contributed by atoms with Crippen LogP contribution in [0.1, 0.15) is 27.1 Å². The van der Waals surface area contributed by atoms with Gasteiger partial charge in [-0.25, -0.2) is 4.79 Å². The number of amides is 1. The largest absolute Gasteiger partial charge is 0.503 e. The molecule has 12 nitrogen and oxygen atoms in total. The summed E-state index contributed by atoms with van der Waals surface area (Å²) in [5, 5.41) is 26.2. The number of aromatic hydroxyl groups is 1. The van der Waals surface area contributed by atoms with Crippen LogP contribution in [0.5, 0.6) is 17.2 Å². The van der Waals surface area contributed by atoms with Crippen LogP contribution < -0.4 is 20.2 Å². The molecule has 1 amide bonds. The molecule has 0 bridgehead atoms. The zero-order valence-corrected chi connectivity index (χ0v) is 22.5. The summed E-state index contributed by atoms with van der Waals surface area (Å²) in [6.45, 7) is 0.389. The Morgan fingerprint density at radius 2 is 1.82 bits per heavy atom. The van der Waals surface area contributed by atoms with Crippen molar-refractivity contribution in [2.24, 2.45) is 5.11 Å². The number of azide groups is 1. The van der Waals surface area contributed by atoms with Crippen LogP contribution in [-0.4, -0.2) is 49.4 Å². The number of fused-ring (bicyclic) bond motifs is 2. The van der Waals surface area contributed by atoms with E-state index in [9.17, 15) is 24.6 Å². The number of carboxylic acids is 1. The Balaban J connectivity index is 2.08. The summed E-state index contributed by atoms with van der Waals surface area (Å²) in [6.07, 6.45) is 0.392. The Morgan fingerprint density at radius 3 is 2.48 bits per heavy atom. The maximum atomic E-state index is 12.9. The van der Waals surface area contributed by atoms with E-state index in [1.54, 1.807) is 0 Å². The van der Waals surface area contributed by atoms with Crippen molar-refractivity contribution in [2.45, 2.75) is 6.42 Å². The van der Waals surface area contributed by atoms with Crippen molar-refractivity contribution < 1.29 is 33.7 Å². The highest BCUT2D eigenvalue weighted by Gasteiger charge is 2.29. The monoisotopic (exact) mass is 586 g/mol. The van der Waals surface area contributed by atoms with Crippen molar-refractivity contribution in [3.05, 3.63) is 72.2 Å². The molecule has 4 rings (SSSR count). The Kier molecular flexibility index (Phi) is 8.24. The van der Waals surface area contributed by atoms with E-state index in [4.69, 9.17) is 42.6 Å². The highest BCUT2D eigenvalue weighted by molar-refractivity contribution is 6.38. The predicted molar refractivity (Wildman–Crippen MR) is 147 cm³/mol. The van der Waals surface area contributed by atoms with E-state index in [0.717, 1.165) is 0 Å². The first-order valence-electron chi connectivity index (χ1n) is 11.5. The summed E-state index contributed by atoms with van der Waals surface area (Å²) in [7, 11) is 2.57. The quantitative estimate of drug-likeness (QED) is 0.0729. The number of carbonyl (C=O) groups is 2. The second-order valence-corrected chi connectivity index (χ2v) is 9.08. The molecule has 40 heavy (non-hydrogen) atoms. The van der Waals surface area contributed by atoms with Crippen LogP contribution in [0.3, 0.4) is 0 Å². The number of carboxylic acid groups (broad SMARTS) is 1. The molecular weight excluding hydrogens is 567 g/mol. The van der Waals surface area contributed by atoms with Crippen molar-refractivity contribution >= 4 is 46.0 Å². The number of carbonyl (C=O) groups excluding carboxylic acids is 1. The molecule has 3 N–H and O–H groups in total. The van der Waals surface area contributed by atoms with E-state index < -0.39 is 23.1 Å². The lowest BCUT2D eigenvalue weighted by atomic mass is 9.89. The number of hydrogen-bond donors (Lipinski definition) is 3. The van der Waals surface area contributed by atoms with Crippen molar-refractivity contribution in [1.82, 2.24) is 5.32 Å². The number of rotatable bonds is 9. The van der Waals surface area contributed by atoms with Gasteiger partial charge in [0.15, 0.2) is 28.6 Å². The van der Waals surface area contributed by atoms with E-state index in [1.165, 1.54) is 44.6 Å². The SMILES string of the molecule is COc1cc2c(-c3cc(C(=O)NCCCN=[N+]=[N-])ccc3C(=O)O)c3cc(OC)c(=O)c(Cl)c-3oc2c(Cl)c1O. The second-order valence-electron chi connectivity index (χ2n) is 8.32. The lowest BCUT2D eigenvalue weighted by Crippen LogP contribution is -2.25. The molecule has 0 saturated heterocycles. The lowest BCUT2D eigenvalue weighted by Gasteiger charge is -2.20. The molecule has 1 aliphatic heterocycles. The first-order valence-corrected chi connectivity index (χ1v) is 12.3. The molecule has 0 saturated carbocycles. The number of nitrogens with zero attached hydrogens (tertiary/aromatic N) is 3. The molecule has 2 aromatic carbocycles. The average molecular weight is 587 g/mol. The number of hydrogen-bond acceptors (Lipinski definition) is 8. The van der Waals surface area contributed by atoms with Crippen molar-refractivity contribution in [3.63, 3.8) is 0 Å². The fraction of sp³-hybridized carbons (Fsp3) is 0.192. The van der Waals surface area contributed by atoms with Crippen LogP contribution in [0.2, 0.25) is 10.0 Å². The number of halogens is 2. The lowest BCUT2D eigenvalue weighted by molar-refractivity contribution is 0.0697. The molecule has 0 atom stereocenters. The second kappa shape index (κ2) is 11.6. The number of ether oxygens (including phenoxy) is 2. The van der Waals surface area contributed by atoms with Crippen LogP contribution in [-0.2, 0) is 0 Å². The molecular formula is C26H20Cl2N4O8. The van der Waals surface area contributed by atoms with Crippen LogP contribution in [0.15, 0.2) is 44.7 Å². The maximum absolute atomic E-state index is 12.9. The summed E-state index contributed by atoms with van der Waals surface area (Å²) >= 11 is 12.8. The first kappa shape index (κ1) is 28.4. The summed E-state index contributed by atoms with van der Waals surface area (Å²) in [6, 6.07) is 6.68. The summed E-state index contributed by atoms with van der Waals surface area (Å²) in [4.78, 5) is 40.7. The van der Waals surface area contributed by atoms with E-state index in [1.807, 2.05) is 0 Å². The van der Waals surface area contributed by atoms with Gasteiger partial charge < -0.3 is 29.4 Å². The van der Waals surface area contributed by atoms with Crippen molar-refractivity contribution in [3.8, 4) is 39.7 Å². The number of benzene rings is 3. The van der Waals surface area contributed by atoms with Crippen molar-refractivity contribution in [1.29, 1.82) is 0 Å². The van der Waals surface area contributed by atoms with Gasteiger partial charge >= 0.3 is 5.97 Å². The molecule has 1 aliphatic carbocycles. The van der Waals surface area contributed by atoms with Gasteiger partial charge in [-0.2, -0.15) is 0 Å². The summed E-state index contributed by atoms with van der Waals surface area (Å²) < 4.78 is 16.3. The fourth-order valence-electron chi connectivity index (χ4n) is 4.18. The zero-order valence-electron chi connectivity index (χ0n) is 20.9. The minimum Gasteiger partial charge on any atom is -0.503 e. The fourth-order valence-corrected chi connectivity index (χ4v) is 4.65. The molecule has 0 unspecified atom stereocenters. The number of nitrogens with one attached hydrogen (secondary N) is 1. The van der Waals surface area contributed by atoms with Gasteiger partial charge in [-0.3, -0.25) is 9.59 Å². The normalized spacial score (nSPS) is 10.8. The highest BCUT2D eigenvalue weighted by Crippen LogP contribution is 2.50. The van der Waals surface area contributed by atoms with Crippen LogP contribution in [0.25, 0.3) is 43.9 Å². The zero-order chi connectivity index (χ0) is 29.1. The van der Waals surface area contributed by atoms with Gasteiger partial charge in [-0.05, 0) is 47.8 Å². The van der Waals surface area contributed by atoms with E-state index >= 15 is 0 Å². The Bertz CT molecular complexity index is 1750. The molecule has 14 heteroatoms. The van der Waals surface area contributed by atoms with Gasteiger partial charge in [0.25, 0.3) is 5.91 Å². The van der Waals surface area contributed by atoms with E-state index in [-0.39, 0.29) is 79.2 Å². The molecule has 206 valence electrons. The van der Waals surface area contributed by atoms with Crippen LogP contribution in [0.4, 0.5) is 0 Å². The van der Waals surface area contributed by atoms with Gasteiger partial charge in [0.2, 0.25) is 5.43 Å². The Hall–Kier alpha value is -4.64. The number of phenolic OH excluding ortho intramolecular Hbond substituents is 1. The van der Waals surface area contributed by atoms with Crippen LogP contribution in [0, 0.1) is 0 Å². The van der Waals surface area contributed by atoms with Gasteiger partial charge in [0.1, 0.15) is 10.0 Å². The number of phenols is 1. The van der Waals surface area contributed by atoms with Gasteiger partial charge in [0, 0.05) is 40.1 Å². The molecule has 0 spiro atoms. The molecule has 0 fully saturated rings. The Labute approximate surface area is 235 Å². The number of aromatic carboxylic acids is 1. The van der Waals surface area contributed by atoms with E-state index in [0.29, 0.717) is 6.42 Å². The standard InChI is InChI=1S/C26H20Cl2N4O8/c1-38-16-9-14-18(13-8-11(4-5-12(13)26(36)37)25(35)30-6-3-7-31-32-29)15-10-17(39-2)22(34)20(28)24(15)40-23(14)19(27)21(16)33/h4-5,8-10,33H,3,6-7H2,1-2H3,(H,30,35)(H,36,37). The average Bonchev–Trinajstić information content (AvgIpc) is 2.95. The highest BCUT2D eigenvalue weighted by atomic mass is 35.5. The maximum Gasteiger partial charge on any atom is 0.336 e. The van der Waals surface area contributed by atoms with Gasteiger partial charge in [0.05, 0.1) is 19.8 Å². The predicted octanol–water partition coefficient (Wildman–Crippen LogP) is 5.72. The molecule has 1 heterocycles. The third kappa shape index (κ3) is 5.03. The first-order chi connectivity index (χ1) is 19.1. The topological polar surface area (TPSA) is 184 Å². The minimum absolute atomic E-state index is 0.0439. The smallest absolute Gasteiger partial charge is 0.336 e. The molecule has 2 aromatic rings. The van der Waals surface area contributed by atoms with Gasteiger partial charge in [-0.1, -0.05) is 28.3 Å². The molecule has 0 radical (unpaired) electrons. The number of methoxy groups -OCH3 is 2. The summed E-state index contributed by atoms with van der Waals surface area (Å²) in [5.74, 6) is -2.61. The third-order valence-corrected chi connectivity index (χ3v) is 6.75.